The van der Waals surface area contributed by atoms with Crippen LogP contribution in [0.2, 0.25) is 0 Å². The summed E-state index contributed by atoms with van der Waals surface area (Å²) in [5.74, 6) is -0.338. The first kappa shape index (κ1) is 20.9. The van der Waals surface area contributed by atoms with Crippen molar-refractivity contribution in [1.82, 2.24) is 30.6 Å². The van der Waals surface area contributed by atoms with E-state index in [-0.39, 0.29) is 17.0 Å². The molecule has 0 aliphatic rings. The lowest BCUT2D eigenvalue weighted by molar-refractivity contribution is -0.384. The molecule has 0 aliphatic carbocycles. The van der Waals surface area contributed by atoms with Crippen LogP contribution < -0.4 is 10.9 Å². The Morgan fingerprint density at radius 2 is 1.80 bits per heavy atom. The van der Waals surface area contributed by atoms with Gasteiger partial charge in [-0.25, -0.2) is 0 Å². The highest BCUT2D eigenvalue weighted by atomic mass is 32.2. The van der Waals surface area contributed by atoms with Crippen molar-refractivity contribution < 1.29 is 14.5 Å². The minimum Gasteiger partial charge on any atom is -0.302 e. The lowest BCUT2D eigenvalue weighted by atomic mass is 10.2. The van der Waals surface area contributed by atoms with Crippen LogP contribution in [0, 0.1) is 10.1 Å². The minimum atomic E-state index is -0.583. The molecule has 2 amide bonds. The van der Waals surface area contributed by atoms with Crippen molar-refractivity contribution in [2.45, 2.75) is 18.6 Å². The number of hydrogen-bond donors (Lipinski definition) is 2. The van der Waals surface area contributed by atoms with E-state index in [4.69, 9.17) is 0 Å². The third-order valence-electron chi connectivity index (χ3n) is 3.96. The van der Waals surface area contributed by atoms with E-state index in [2.05, 4.69) is 26.0 Å². The number of hydrazine groups is 1. The summed E-state index contributed by atoms with van der Waals surface area (Å²) < 4.78 is 1.88. The summed E-state index contributed by atoms with van der Waals surface area (Å²) in [4.78, 5) is 38.2. The molecule has 0 radical (unpaired) electrons. The van der Waals surface area contributed by atoms with Crippen LogP contribution in [0.5, 0.6) is 0 Å². The lowest BCUT2D eigenvalue weighted by Crippen LogP contribution is -2.42. The second-order valence-corrected chi connectivity index (χ2v) is 6.82. The molecule has 154 valence electrons. The third kappa shape index (κ3) is 4.97. The van der Waals surface area contributed by atoms with Gasteiger partial charge in [0.1, 0.15) is 0 Å². The lowest BCUT2D eigenvalue weighted by Gasteiger charge is -2.08. The average molecular weight is 427 g/mol. The number of pyridine rings is 1. The standard InChI is InChI=1S/C18H17N7O4S/c1-2-24-16(12-7-9-19-10-8-12)21-23-18(24)30-11-15(26)20-22-17(27)13-3-5-14(6-4-13)25(28)29/h3-10H,2,11H2,1H3,(H,20,26)(H,22,27). The maximum absolute atomic E-state index is 12.1. The normalized spacial score (nSPS) is 10.4. The number of carbonyl (C=O) groups excluding carboxylic acids is 2. The molecule has 0 atom stereocenters. The molecule has 2 N–H and O–H groups in total. The largest absolute Gasteiger partial charge is 0.302 e. The number of nitrogens with zero attached hydrogens (tertiary/aromatic N) is 5. The zero-order valence-electron chi connectivity index (χ0n) is 15.8. The van der Waals surface area contributed by atoms with Crippen molar-refractivity contribution in [1.29, 1.82) is 0 Å². The van der Waals surface area contributed by atoms with E-state index in [0.717, 1.165) is 5.56 Å². The minimum absolute atomic E-state index is 0.00895. The molecule has 0 fully saturated rings. The molecule has 0 bridgehead atoms. The first-order chi connectivity index (χ1) is 14.5. The summed E-state index contributed by atoms with van der Waals surface area (Å²) >= 11 is 1.18. The van der Waals surface area contributed by atoms with E-state index in [1.807, 2.05) is 23.6 Å². The van der Waals surface area contributed by atoms with Crippen molar-refractivity contribution in [3.8, 4) is 11.4 Å². The summed E-state index contributed by atoms with van der Waals surface area (Å²) in [6, 6.07) is 8.68. The molecule has 30 heavy (non-hydrogen) atoms. The number of nitrogens with one attached hydrogen (secondary N) is 2. The van der Waals surface area contributed by atoms with Crippen molar-refractivity contribution >= 4 is 29.3 Å². The van der Waals surface area contributed by atoms with Crippen molar-refractivity contribution in [2.24, 2.45) is 0 Å². The van der Waals surface area contributed by atoms with E-state index in [0.29, 0.717) is 17.5 Å². The highest BCUT2D eigenvalue weighted by molar-refractivity contribution is 7.99. The van der Waals surface area contributed by atoms with Gasteiger partial charge >= 0.3 is 0 Å². The van der Waals surface area contributed by atoms with Gasteiger partial charge in [-0.2, -0.15) is 0 Å². The van der Waals surface area contributed by atoms with Gasteiger partial charge in [0.15, 0.2) is 11.0 Å². The Morgan fingerprint density at radius 1 is 1.10 bits per heavy atom. The molecule has 0 spiro atoms. The van der Waals surface area contributed by atoms with Gasteiger partial charge in [0, 0.05) is 42.2 Å². The Hall–Kier alpha value is -3.80. The van der Waals surface area contributed by atoms with Crippen LogP contribution in [-0.4, -0.2) is 42.2 Å². The summed E-state index contributed by atoms with van der Waals surface area (Å²) in [6.45, 7) is 2.56. The Bertz CT molecular complexity index is 1050. The molecular weight excluding hydrogens is 410 g/mol. The first-order valence-corrected chi connectivity index (χ1v) is 9.78. The molecule has 11 nitrogen and oxygen atoms in total. The number of nitro groups is 1. The third-order valence-corrected chi connectivity index (χ3v) is 4.93. The number of amides is 2. The number of non-ortho nitro benzene ring substituents is 1. The summed E-state index contributed by atoms with van der Waals surface area (Å²) in [5, 5.41) is 19.5. The highest BCUT2D eigenvalue weighted by Gasteiger charge is 2.15. The van der Waals surface area contributed by atoms with Gasteiger partial charge < -0.3 is 4.57 Å². The van der Waals surface area contributed by atoms with E-state index in [1.54, 1.807) is 12.4 Å². The predicted octanol–water partition coefficient (Wildman–Crippen LogP) is 1.82. The number of aromatic nitrogens is 4. The fourth-order valence-electron chi connectivity index (χ4n) is 2.49. The van der Waals surface area contributed by atoms with Crippen LogP contribution in [0.3, 0.4) is 0 Å². The molecule has 2 aromatic heterocycles. The Morgan fingerprint density at radius 3 is 2.43 bits per heavy atom. The van der Waals surface area contributed by atoms with Crippen LogP contribution in [0.15, 0.2) is 53.9 Å². The predicted molar refractivity (Wildman–Crippen MR) is 108 cm³/mol. The van der Waals surface area contributed by atoms with Crippen LogP contribution >= 0.6 is 11.8 Å². The maximum Gasteiger partial charge on any atom is 0.269 e. The number of nitro benzene ring substituents is 1. The summed E-state index contributed by atoms with van der Waals surface area (Å²) in [6.07, 6.45) is 3.33. The molecule has 0 saturated heterocycles. The second-order valence-electron chi connectivity index (χ2n) is 5.88. The molecule has 1 aromatic carbocycles. The highest BCUT2D eigenvalue weighted by Crippen LogP contribution is 2.23. The van der Waals surface area contributed by atoms with Crippen LogP contribution in [0.1, 0.15) is 17.3 Å². The number of thioether (sulfide) groups is 1. The second kappa shape index (κ2) is 9.60. The number of hydrogen-bond acceptors (Lipinski definition) is 8. The summed E-state index contributed by atoms with van der Waals surface area (Å²) in [7, 11) is 0. The molecule has 12 heteroatoms. The number of rotatable bonds is 7. The molecular formula is C18H17N7O4S. The van der Waals surface area contributed by atoms with Crippen LogP contribution in [0.25, 0.3) is 11.4 Å². The zero-order valence-corrected chi connectivity index (χ0v) is 16.6. The van der Waals surface area contributed by atoms with E-state index in [1.165, 1.54) is 36.0 Å². The Balaban J connectivity index is 1.54. The SMILES string of the molecule is CCn1c(SCC(=O)NNC(=O)c2ccc([N+](=O)[O-])cc2)nnc1-c1ccncc1. The van der Waals surface area contributed by atoms with Gasteiger partial charge in [-0.15, -0.1) is 10.2 Å². The fraction of sp³-hybridized carbons (Fsp3) is 0.167. The van der Waals surface area contributed by atoms with Gasteiger partial charge in [-0.3, -0.25) is 35.5 Å². The van der Waals surface area contributed by atoms with Crippen LogP contribution in [0.4, 0.5) is 5.69 Å². The van der Waals surface area contributed by atoms with Gasteiger partial charge in [0.05, 0.1) is 10.7 Å². The molecule has 3 aromatic rings. The quantitative estimate of drug-likeness (QED) is 0.330. The van der Waals surface area contributed by atoms with Crippen molar-refractivity contribution in [2.75, 3.05) is 5.75 Å². The zero-order chi connectivity index (χ0) is 21.5. The van der Waals surface area contributed by atoms with Crippen molar-refractivity contribution in [3.05, 3.63) is 64.5 Å². The fourth-order valence-corrected chi connectivity index (χ4v) is 3.30. The smallest absolute Gasteiger partial charge is 0.269 e. The monoisotopic (exact) mass is 427 g/mol. The molecule has 0 unspecified atom stereocenters. The van der Waals surface area contributed by atoms with E-state index < -0.39 is 16.7 Å². The maximum atomic E-state index is 12.1. The van der Waals surface area contributed by atoms with Crippen molar-refractivity contribution in [3.63, 3.8) is 0 Å². The van der Waals surface area contributed by atoms with Gasteiger partial charge in [0.25, 0.3) is 11.6 Å². The van der Waals surface area contributed by atoms with Gasteiger partial charge in [0.2, 0.25) is 5.91 Å². The van der Waals surface area contributed by atoms with Gasteiger partial charge in [-0.1, -0.05) is 11.8 Å². The topological polar surface area (TPSA) is 145 Å². The molecule has 0 aliphatic heterocycles. The van der Waals surface area contributed by atoms with Gasteiger partial charge in [-0.05, 0) is 31.2 Å². The molecule has 0 saturated carbocycles. The first-order valence-electron chi connectivity index (χ1n) is 8.79. The summed E-state index contributed by atoms with van der Waals surface area (Å²) in [5.41, 5.74) is 5.50. The average Bonchev–Trinajstić information content (AvgIpc) is 3.19. The Kier molecular flexibility index (Phi) is 6.70. The van der Waals surface area contributed by atoms with E-state index in [9.17, 15) is 19.7 Å². The molecule has 3 rings (SSSR count). The van der Waals surface area contributed by atoms with Crippen LogP contribution in [-0.2, 0) is 11.3 Å². The number of carbonyl (C=O) groups is 2. The molecule has 2 heterocycles. The van der Waals surface area contributed by atoms with E-state index >= 15 is 0 Å². The number of benzene rings is 1. The Labute approximate surface area is 175 Å².